The molecule has 1 saturated heterocycles. The highest BCUT2D eigenvalue weighted by Gasteiger charge is 2.28. The van der Waals surface area contributed by atoms with Gasteiger partial charge in [0.1, 0.15) is 11.8 Å². The third-order valence-electron chi connectivity index (χ3n) is 3.58. The van der Waals surface area contributed by atoms with Crippen LogP contribution in [-0.2, 0) is 9.53 Å². The third kappa shape index (κ3) is 2.75. The van der Waals surface area contributed by atoms with E-state index in [4.69, 9.17) is 21.1 Å². The Kier molecular flexibility index (Phi) is 4.10. The first-order chi connectivity index (χ1) is 9.75. The van der Waals surface area contributed by atoms with Crippen LogP contribution >= 0.6 is 11.6 Å². The van der Waals surface area contributed by atoms with Gasteiger partial charge in [-0.2, -0.15) is 0 Å². The second-order valence-corrected chi connectivity index (χ2v) is 5.35. The first kappa shape index (κ1) is 13.7. The first-order valence-corrected chi connectivity index (χ1v) is 7.16. The topological polar surface area (TPSA) is 59.6 Å². The van der Waals surface area contributed by atoms with E-state index in [1.165, 1.54) is 0 Å². The number of nitrogens with one attached hydrogen (secondary N) is 2. The minimum atomic E-state index is -0.283. The van der Waals surface area contributed by atoms with Crippen molar-refractivity contribution in [2.75, 3.05) is 26.4 Å². The molecule has 0 aliphatic carbocycles. The zero-order valence-corrected chi connectivity index (χ0v) is 11.8. The van der Waals surface area contributed by atoms with Gasteiger partial charge in [0.05, 0.1) is 30.9 Å². The van der Waals surface area contributed by atoms with Crippen LogP contribution in [0, 0.1) is 0 Å². The molecule has 0 bridgehead atoms. The normalized spacial score (nSPS) is 25.4. The molecule has 0 spiro atoms. The van der Waals surface area contributed by atoms with E-state index in [1.807, 2.05) is 12.1 Å². The predicted molar refractivity (Wildman–Crippen MR) is 75.1 cm³/mol. The van der Waals surface area contributed by atoms with Gasteiger partial charge in [-0.25, -0.2) is 0 Å². The Morgan fingerprint density at radius 1 is 1.40 bits per heavy atom. The van der Waals surface area contributed by atoms with Crippen molar-refractivity contribution >= 4 is 17.5 Å². The Labute approximate surface area is 122 Å². The molecule has 2 atom stereocenters. The minimum Gasteiger partial charge on any atom is -0.492 e. The van der Waals surface area contributed by atoms with E-state index in [1.54, 1.807) is 6.07 Å². The summed E-state index contributed by atoms with van der Waals surface area (Å²) >= 11 is 6.12. The van der Waals surface area contributed by atoms with Crippen molar-refractivity contribution in [2.24, 2.45) is 0 Å². The molecule has 2 unspecified atom stereocenters. The summed E-state index contributed by atoms with van der Waals surface area (Å²) in [5.41, 5.74) is 0.939. The van der Waals surface area contributed by atoms with E-state index in [2.05, 4.69) is 10.6 Å². The van der Waals surface area contributed by atoms with Crippen LogP contribution in [0.3, 0.4) is 0 Å². The lowest BCUT2D eigenvalue weighted by atomic mass is 10.00. The van der Waals surface area contributed by atoms with Crippen LogP contribution in [0.5, 0.6) is 5.75 Å². The van der Waals surface area contributed by atoms with Crippen LogP contribution in [0.4, 0.5) is 0 Å². The SMILES string of the molecule is O=C(NC1CCOc2c(Cl)cccc21)C1COCCN1. The number of morpholine rings is 1. The molecule has 0 radical (unpaired) electrons. The Morgan fingerprint density at radius 3 is 3.10 bits per heavy atom. The summed E-state index contributed by atoms with van der Waals surface area (Å²) in [6, 6.07) is 5.26. The number of hydrogen-bond donors (Lipinski definition) is 2. The summed E-state index contributed by atoms with van der Waals surface area (Å²) in [5.74, 6) is 0.640. The number of hydrogen-bond acceptors (Lipinski definition) is 4. The van der Waals surface area contributed by atoms with Crippen LogP contribution in [0.25, 0.3) is 0 Å². The van der Waals surface area contributed by atoms with Crippen molar-refractivity contribution in [2.45, 2.75) is 18.5 Å². The van der Waals surface area contributed by atoms with Crippen molar-refractivity contribution in [1.29, 1.82) is 0 Å². The minimum absolute atomic E-state index is 0.0393. The van der Waals surface area contributed by atoms with Crippen molar-refractivity contribution in [3.05, 3.63) is 28.8 Å². The molecule has 20 heavy (non-hydrogen) atoms. The molecule has 2 aliphatic heterocycles. The molecule has 2 N–H and O–H groups in total. The Hall–Kier alpha value is -1.30. The third-order valence-corrected chi connectivity index (χ3v) is 3.88. The van der Waals surface area contributed by atoms with E-state index in [-0.39, 0.29) is 18.0 Å². The maximum absolute atomic E-state index is 12.2. The molecule has 1 aromatic carbocycles. The monoisotopic (exact) mass is 296 g/mol. The highest BCUT2D eigenvalue weighted by Crippen LogP contribution is 2.37. The van der Waals surface area contributed by atoms with Gasteiger partial charge in [0, 0.05) is 18.5 Å². The molecule has 0 saturated carbocycles. The highest BCUT2D eigenvalue weighted by molar-refractivity contribution is 6.32. The van der Waals surface area contributed by atoms with Crippen LogP contribution in [0.2, 0.25) is 5.02 Å². The molecule has 2 aliphatic rings. The van der Waals surface area contributed by atoms with Crippen LogP contribution < -0.4 is 15.4 Å². The molecule has 5 nitrogen and oxygen atoms in total. The molecule has 1 amide bonds. The maximum atomic E-state index is 12.2. The standard InChI is InChI=1S/C14H17ClN2O3/c15-10-3-1-2-9-11(4-6-20-13(9)10)17-14(18)12-8-19-7-5-16-12/h1-3,11-12,16H,4-8H2,(H,17,18). The van der Waals surface area contributed by atoms with Crippen LogP contribution in [-0.4, -0.2) is 38.3 Å². The number of halogens is 1. The van der Waals surface area contributed by atoms with Crippen molar-refractivity contribution < 1.29 is 14.3 Å². The molecule has 1 fully saturated rings. The molecule has 108 valence electrons. The van der Waals surface area contributed by atoms with E-state index >= 15 is 0 Å². The summed E-state index contributed by atoms with van der Waals surface area (Å²) in [6.45, 7) is 2.32. The van der Waals surface area contributed by atoms with Gasteiger partial charge in [-0.3, -0.25) is 4.79 Å². The van der Waals surface area contributed by atoms with Gasteiger partial charge in [0.25, 0.3) is 0 Å². The fourth-order valence-corrected chi connectivity index (χ4v) is 2.78. The first-order valence-electron chi connectivity index (χ1n) is 6.78. The quantitative estimate of drug-likeness (QED) is 0.863. The second kappa shape index (κ2) is 5.99. The number of amides is 1. The molecule has 1 aromatic rings. The predicted octanol–water partition coefficient (Wildman–Crippen LogP) is 1.27. The summed E-state index contributed by atoms with van der Waals surface area (Å²) in [6.07, 6.45) is 0.743. The number of fused-ring (bicyclic) bond motifs is 1. The number of carbonyl (C=O) groups excluding carboxylic acids is 1. The number of para-hydroxylation sites is 1. The van der Waals surface area contributed by atoms with Crippen molar-refractivity contribution in [3.63, 3.8) is 0 Å². The smallest absolute Gasteiger partial charge is 0.240 e. The van der Waals surface area contributed by atoms with Gasteiger partial charge in [-0.1, -0.05) is 23.7 Å². The summed E-state index contributed by atoms with van der Waals surface area (Å²) in [5, 5.41) is 6.79. The fraction of sp³-hybridized carbons (Fsp3) is 0.500. The Bertz CT molecular complexity index is 503. The van der Waals surface area contributed by atoms with Crippen molar-refractivity contribution in [3.8, 4) is 5.75 Å². The number of benzene rings is 1. The van der Waals surface area contributed by atoms with E-state index in [0.717, 1.165) is 12.0 Å². The van der Waals surface area contributed by atoms with Gasteiger partial charge in [-0.05, 0) is 6.07 Å². The molecule has 3 rings (SSSR count). The summed E-state index contributed by atoms with van der Waals surface area (Å²) in [4.78, 5) is 12.2. The van der Waals surface area contributed by atoms with Gasteiger partial charge in [0.15, 0.2) is 0 Å². The van der Waals surface area contributed by atoms with E-state index < -0.39 is 0 Å². The van der Waals surface area contributed by atoms with Gasteiger partial charge in [0.2, 0.25) is 5.91 Å². The van der Waals surface area contributed by atoms with Gasteiger partial charge >= 0.3 is 0 Å². The average molecular weight is 297 g/mol. The Morgan fingerprint density at radius 2 is 2.30 bits per heavy atom. The molecular weight excluding hydrogens is 280 g/mol. The highest BCUT2D eigenvalue weighted by atomic mass is 35.5. The zero-order valence-electron chi connectivity index (χ0n) is 11.0. The van der Waals surface area contributed by atoms with Gasteiger partial charge in [-0.15, -0.1) is 0 Å². The number of ether oxygens (including phenoxy) is 2. The molecular formula is C14H17ClN2O3. The number of rotatable bonds is 2. The number of carbonyl (C=O) groups is 1. The lowest BCUT2D eigenvalue weighted by Gasteiger charge is -2.30. The lowest BCUT2D eigenvalue weighted by molar-refractivity contribution is -0.126. The van der Waals surface area contributed by atoms with E-state index in [0.29, 0.717) is 37.1 Å². The molecule has 6 heteroatoms. The van der Waals surface area contributed by atoms with Crippen molar-refractivity contribution in [1.82, 2.24) is 10.6 Å². The lowest BCUT2D eigenvalue weighted by Crippen LogP contribution is -2.52. The summed E-state index contributed by atoms with van der Waals surface area (Å²) < 4.78 is 10.9. The second-order valence-electron chi connectivity index (χ2n) is 4.94. The van der Waals surface area contributed by atoms with Gasteiger partial charge < -0.3 is 20.1 Å². The molecule has 0 aromatic heterocycles. The van der Waals surface area contributed by atoms with Crippen LogP contribution in [0.1, 0.15) is 18.0 Å². The largest absolute Gasteiger partial charge is 0.492 e. The summed E-state index contributed by atoms with van der Waals surface area (Å²) in [7, 11) is 0. The average Bonchev–Trinajstić information content (AvgIpc) is 2.49. The fourth-order valence-electron chi connectivity index (χ4n) is 2.54. The maximum Gasteiger partial charge on any atom is 0.240 e. The Balaban J connectivity index is 1.73. The zero-order chi connectivity index (χ0) is 13.9. The van der Waals surface area contributed by atoms with Crippen LogP contribution in [0.15, 0.2) is 18.2 Å². The van der Waals surface area contributed by atoms with E-state index in [9.17, 15) is 4.79 Å². The molecule has 2 heterocycles.